The molecule has 3 aromatic rings. The van der Waals surface area contributed by atoms with Gasteiger partial charge in [-0.15, -0.1) is 0 Å². The predicted molar refractivity (Wildman–Crippen MR) is 113 cm³/mol. The van der Waals surface area contributed by atoms with E-state index in [4.69, 9.17) is 5.73 Å². The molecule has 7 heteroatoms. The first-order chi connectivity index (χ1) is 14.5. The number of aromatic hydroxyl groups is 2. The van der Waals surface area contributed by atoms with E-state index in [1.807, 2.05) is 30.3 Å². The summed E-state index contributed by atoms with van der Waals surface area (Å²) in [7, 11) is 0. The van der Waals surface area contributed by atoms with Crippen LogP contribution >= 0.6 is 0 Å². The van der Waals surface area contributed by atoms with Crippen molar-refractivity contribution >= 4 is 23.2 Å². The first-order valence-electron chi connectivity index (χ1n) is 9.50. The summed E-state index contributed by atoms with van der Waals surface area (Å²) in [5, 5.41) is 19.1. The summed E-state index contributed by atoms with van der Waals surface area (Å²) in [6, 6.07) is 18.8. The number of hydrogen-bond acceptors (Lipinski definition) is 5. The van der Waals surface area contributed by atoms with Gasteiger partial charge in [-0.3, -0.25) is 9.59 Å². The zero-order valence-electron chi connectivity index (χ0n) is 16.1. The average Bonchev–Trinajstić information content (AvgIpc) is 2.74. The Labute approximate surface area is 173 Å². The number of piperazine rings is 1. The normalized spacial score (nSPS) is 16.5. The molecule has 7 nitrogen and oxygen atoms in total. The smallest absolute Gasteiger partial charge is 0.256 e. The fourth-order valence-corrected chi connectivity index (χ4v) is 3.69. The van der Waals surface area contributed by atoms with Gasteiger partial charge in [-0.25, -0.2) is 0 Å². The van der Waals surface area contributed by atoms with Crippen molar-refractivity contribution in [1.29, 1.82) is 0 Å². The van der Waals surface area contributed by atoms with Crippen LogP contribution in [0.2, 0.25) is 0 Å². The van der Waals surface area contributed by atoms with Gasteiger partial charge in [-0.1, -0.05) is 30.3 Å². The molecule has 0 aromatic heterocycles. The summed E-state index contributed by atoms with van der Waals surface area (Å²) in [6.07, 6.45) is 0. The minimum absolute atomic E-state index is 0.0307. The third kappa shape index (κ3) is 3.53. The number of rotatable bonds is 3. The zero-order chi connectivity index (χ0) is 21.3. The maximum atomic E-state index is 13.5. The average molecular weight is 403 g/mol. The Morgan fingerprint density at radius 3 is 2.23 bits per heavy atom. The number of nitrogen functional groups attached to an aromatic ring is 1. The molecule has 30 heavy (non-hydrogen) atoms. The van der Waals surface area contributed by atoms with Crippen molar-refractivity contribution in [2.75, 3.05) is 23.7 Å². The van der Waals surface area contributed by atoms with E-state index < -0.39 is 6.04 Å². The van der Waals surface area contributed by atoms with Crippen LogP contribution in [-0.4, -0.2) is 40.0 Å². The fraction of sp³-hybridized carbons (Fsp3) is 0.130. The maximum Gasteiger partial charge on any atom is 0.256 e. The van der Waals surface area contributed by atoms with Crippen molar-refractivity contribution in [2.45, 2.75) is 6.04 Å². The molecule has 4 rings (SSSR count). The van der Waals surface area contributed by atoms with Gasteiger partial charge < -0.3 is 25.7 Å². The van der Waals surface area contributed by atoms with Gasteiger partial charge >= 0.3 is 0 Å². The van der Waals surface area contributed by atoms with Gasteiger partial charge in [0.15, 0.2) is 0 Å². The summed E-state index contributed by atoms with van der Waals surface area (Å²) in [4.78, 5) is 29.9. The summed E-state index contributed by atoms with van der Waals surface area (Å²) in [6.45, 7) is 0.599. The van der Waals surface area contributed by atoms with Crippen LogP contribution in [0.3, 0.4) is 0 Å². The summed E-state index contributed by atoms with van der Waals surface area (Å²) in [5.74, 6) is -0.539. The van der Waals surface area contributed by atoms with E-state index in [1.54, 1.807) is 17.0 Å². The Balaban J connectivity index is 1.73. The second-order valence-electron chi connectivity index (χ2n) is 7.09. The van der Waals surface area contributed by atoms with Crippen LogP contribution in [0.25, 0.3) is 0 Å². The molecule has 0 aliphatic carbocycles. The number of nitrogens with two attached hydrogens (primary N) is 1. The van der Waals surface area contributed by atoms with E-state index in [0.29, 0.717) is 24.3 Å². The number of carbonyl (C=O) groups is 2. The first-order valence-corrected chi connectivity index (χ1v) is 9.50. The quantitative estimate of drug-likeness (QED) is 0.583. The largest absolute Gasteiger partial charge is 0.508 e. The van der Waals surface area contributed by atoms with E-state index in [0.717, 1.165) is 0 Å². The SMILES string of the molecule is Nc1cc(O)ccc1C(=O)N1CCN(c2ccc(O)cc2)C(=O)C1c1ccccc1. The molecule has 1 aliphatic rings. The van der Waals surface area contributed by atoms with E-state index >= 15 is 0 Å². The third-order valence-corrected chi connectivity index (χ3v) is 5.18. The van der Waals surface area contributed by atoms with Crippen molar-refractivity contribution in [2.24, 2.45) is 0 Å². The number of amides is 2. The molecule has 1 fully saturated rings. The lowest BCUT2D eigenvalue weighted by Gasteiger charge is -2.41. The molecule has 3 aromatic carbocycles. The Kier molecular flexibility index (Phi) is 5.02. The Hall–Kier alpha value is -4.00. The molecule has 1 atom stereocenters. The topological polar surface area (TPSA) is 107 Å². The molecular weight excluding hydrogens is 382 g/mol. The van der Waals surface area contributed by atoms with Crippen molar-refractivity contribution < 1.29 is 19.8 Å². The van der Waals surface area contributed by atoms with E-state index in [-0.39, 0.29) is 34.6 Å². The Bertz CT molecular complexity index is 1080. The first kappa shape index (κ1) is 19.3. The van der Waals surface area contributed by atoms with E-state index in [1.165, 1.54) is 35.2 Å². The second-order valence-corrected chi connectivity index (χ2v) is 7.09. The molecule has 1 heterocycles. The molecule has 1 aliphatic heterocycles. The molecule has 1 saturated heterocycles. The molecular formula is C23H21N3O4. The standard InChI is InChI=1S/C23H21N3O4/c24-20-14-18(28)10-11-19(20)22(29)26-13-12-25(16-6-8-17(27)9-7-16)23(30)21(26)15-4-2-1-3-5-15/h1-11,14,21,27-28H,12-13,24H2. The number of nitrogens with zero attached hydrogens (tertiary/aromatic N) is 2. The highest BCUT2D eigenvalue weighted by atomic mass is 16.3. The number of carbonyl (C=O) groups excluding carboxylic acids is 2. The lowest BCUT2D eigenvalue weighted by molar-refractivity contribution is -0.125. The Morgan fingerprint density at radius 1 is 0.900 bits per heavy atom. The summed E-state index contributed by atoms with van der Waals surface area (Å²) >= 11 is 0. The van der Waals surface area contributed by atoms with Crippen molar-refractivity contribution in [1.82, 2.24) is 4.90 Å². The minimum atomic E-state index is -0.825. The van der Waals surface area contributed by atoms with Gasteiger partial charge in [0.1, 0.15) is 17.5 Å². The molecule has 0 spiro atoms. The predicted octanol–water partition coefficient (Wildman–Crippen LogP) is 2.91. The van der Waals surface area contributed by atoms with Gasteiger partial charge in [-0.05, 0) is 42.0 Å². The van der Waals surface area contributed by atoms with Crippen LogP contribution in [0.1, 0.15) is 22.0 Å². The maximum absolute atomic E-state index is 13.5. The monoisotopic (exact) mass is 403 g/mol. The van der Waals surface area contributed by atoms with E-state index in [9.17, 15) is 19.8 Å². The van der Waals surface area contributed by atoms with Crippen LogP contribution < -0.4 is 10.6 Å². The zero-order valence-corrected chi connectivity index (χ0v) is 16.1. The minimum Gasteiger partial charge on any atom is -0.508 e. The van der Waals surface area contributed by atoms with Crippen LogP contribution in [0.4, 0.5) is 11.4 Å². The molecule has 2 amide bonds. The molecule has 152 valence electrons. The molecule has 0 radical (unpaired) electrons. The lowest BCUT2D eigenvalue weighted by atomic mass is 9.99. The van der Waals surface area contributed by atoms with Crippen molar-refractivity contribution in [3.8, 4) is 11.5 Å². The highest BCUT2D eigenvalue weighted by Gasteiger charge is 2.39. The van der Waals surface area contributed by atoms with Crippen LogP contribution in [0.5, 0.6) is 11.5 Å². The molecule has 1 unspecified atom stereocenters. The lowest BCUT2D eigenvalue weighted by Crippen LogP contribution is -2.54. The summed E-state index contributed by atoms with van der Waals surface area (Å²) in [5.41, 5.74) is 7.68. The Morgan fingerprint density at radius 2 is 1.57 bits per heavy atom. The number of phenols is 2. The van der Waals surface area contributed by atoms with Gasteiger partial charge in [0.25, 0.3) is 11.8 Å². The van der Waals surface area contributed by atoms with Crippen molar-refractivity contribution in [3.63, 3.8) is 0 Å². The van der Waals surface area contributed by atoms with Gasteiger partial charge in [0.05, 0.1) is 5.56 Å². The van der Waals surface area contributed by atoms with Crippen LogP contribution in [0.15, 0.2) is 72.8 Å². The van der Waals surface area contributed by atoms with Gasteiger partial charge in [0, 0.05) is 30.5 Å². The molecule has 4 N–H and O–H groups in total. The highest BCUT2D eigenvalue weighted by molar-refractivity contribution is 6.06. The number of phenolic OH excluding ortho intramolecular Hbond substituents is 2. The molecule has 0 bridgehead atoms. The van der Waals surface area contributed by atoms with Gasteiger partial charge in [-0.2, -0.15) is 0 Å². The summed E-state index contributed by atoms with van der Waals surface area (Å²) < 4.78 is 0. The fourth-order valence-electron chi connectivity index (χ4n) is 3.69. The van der Waals surface area contributed by atoms with Crippen LogP contribution in [-0.2, 0) is 4.79 Å². The molecule has 0 saturated carbocycles. The van der Waals surface area contributed by atoms with Crippen molar-refractivity contribution in [3.05, 3.63) is 83.9 Å². The number of anilines is 2. The second kappa shape index (κ2) is 7.79. The third-order valence-electron chi connectivity index (χ3n) is 5.18. The van der Waals surface area contributed by atoms with Gasteiger partial charge in [0.2, 0.25) is 0 Å². The van der Waals surface area contributed by atoms with Crippen LogP contribution in [0, 0.1) is 0 Å². The number of benzene rings is 3. The highest BCUT2D eigenvalue weighted by Crippen LogP contribution is 2.33. The van der Waals surface area contributed by atoms with E-state index in [2.05, 4.69) is 0 Å². The number of hydrogen-bond donors (Lipinski definition) is 3.